The molecule has 22 heavy (non-hydrogen) atoms. The molecule has 0 atom stereocenters. The summed E-state index contributed by atoms with van der Waals surface area (Å²) in [6.45, 7) is 3.96. The van der Waals surface area contributed by atoms with Gasteiger partial charge in [0.05, 0.1) is 16.8 Å². The second kappa shape index (κ2) is 5.37. The number of carbonyl (C=O) groups excluding carboxylic acids is 2. The molecule has 2 aromatic carbocycles. The molecule has 0 unspecified atom stereocenters. The van der Waals surface area contributed by atoms with Crippen LogP contribution in [0.3, 0.4) is 0 Å². The van der Waals surface area contributed by atoms with Gasteiger partial charge in [-0.3, -0.25) is 9.59 Å². The molecule has 0 fully saturated rings. The molecule has 1 aliphatic rings. The minimum Gasteiger partial charge on any atom is -0.268 e. The van der Waals surface area contributed by atoms with Crippen LogP contribution in [0.5, 0.6) is 0 Å². The van der Waals surface area contributed by atoms with Crippen LogP contribution in [0.1, 0.15) is 45.7 Å². The Morgan fingerprint density at radius 3 is 2.09 bits per heavy atom. The zero-order valence-corrected chi connectivity index (χ0v) is 12.5. The van der Waals surface area contributed by atoms with Crippen LogP contribution < -0.4 is 4.90 Å². The van der Waals surface area contributed by atoms with E-state index in [0.717, 1.165) is 17.2 Å². The first-order valence-electron chi connectivity index (χ1n) is 7.37. The molecular formula is C18H16FNO2. The van der Waals surface area contributed by atoms with Crippen molar-refractivity contribution in [1.29, 1.82) is 0 Å². The largest absolute Gasteiger partial charge is 0.268 e. The van der Waals surface area contributed by atoms with Crippen LogP contribution in [0, 0.1) is 5.82 Å². The highest BCUT2D eigenvalue weighted by molar-refractivity contribution is 6.34. The van der Waals surface area contributed by atoms with Crippen LogP contribution in [0.2, 0.25) is 0 Å². The first kappa shape index (κ1) is 14.4. The zero-order valence-electron chi connectivity index (χ0n) is 12.5. The van der Waals surface area contributed by atoms with E-state index in [-0.39, 0.29) is 17.0 Å². The van der Waals surface area contributed by atoms with Gasteiger partial charge in [0, 0.05) is 0 Å². The molecule has 0 saturated carbocycles. The van der Waals surface area contributed by atoms with Crippen LogP contribution in [0.25, 0.3) is 0 Å². The second-order valence-corrected chi connectivity index (χ2v) is 5.27. The molecule has 0 spiro atoms. The minimum absolute atomic E-state index is 0.137. The first-order chi connectivity index (χ1) is 10.6. The SMILES string of the molecule is CCc1cccc(CC)c1N1C(=O)c2ccc(F)cc2C1=O. The van der Waals surface area contributed by atoms with Crippen LogP contribution in [0.4, 0.5) is 10.1 Å². The molecule has 0 aliphatic carbocycles. The Balaban J connectivity index is 2.20. The molecule has 0 bridgehead atoms. The molecule has 2 aromatic rings. The fourth-order valence-electron chi connectivity index (χ4n) is 2.92. The van der Waals surface area contributed by atoms with E-state index in [1.165, 1.54) is 17.0 Å². The second-order valence-electron chi connectivity index (χ2n) is 5.27. The Bertz CT molecular complexity index is 760. The number of rotatable bonds is 3. The van der Waals surface area contributed by atoms with Gasteiger partial charge in [-0.2, -0.15) is 0 Å². The van der Waals surface area contributed by atoms with E-state index >= 15 is 0 Å². The Kier molecular flexibility index (Phi) is 3.53. The summed E-state index contributed by atoms with van der Waals surface area (Å²) in [4.78, 5) is 26.5. The molecule has 0 N–H and O–H groups in total. The topological polar surface area (TPSA) is 37.4 Å². The molecule has 3 nitrogen and oxygen atoms in total. The van der Waals surface area contributed by atoms with E-state index in [1.54, 1.807) is 0 Å². The Hall–Kier alpha value is -2.49. The monoisotopic (exact) mass is 297 g/mol. The maximum absolute atomic E-state index is 13.4. The lowest BCUT2D eigenvalue weighted by atomic mass is 10.0. The number of anilines is 1. The molecular weight excluding hydrogens is 281 g/mol. The molecule has 112 valence electrons. The normalized spacial score (nSPS) is 13.7. The highest BCUT2D eigenvalue weighted by Crippen LogP contribution is 2.34. The maximum atomic E-state index is 13.4. The number of nitrogens with zero attached hydrogens (tertiary/aromatic N) is 1. The van der Waals surface area contributed by atoms with Crippen molar-refractivity contribution in [1.82, 2.24) is 0 Å². The molecule has 1 aliphatic heterocycles. The quantitative estimate of drug-likeness (QED) is 0.809. The summed E-state index contributed by atoms with van der Waals surface area (Å²) < 4.78 is 13.4. The van der Waals surface area contributed by atoms with Crippen LogP contribution in [-0.4, -0.2) is 11.8 Å². The summed E-state index contributed by atoms with van der Waals surface area (Å²) in [7, 11) is 0. The third-order valence-electron chi connectivity index (χ3n) is 4.04. The fraction of sp³-hybridized carbons (Fsp3) is 0.222. The van der Waals surface area contributed by atoms with Gasteiger partial charge in [-0.1, -0.05) is 32.0 Å². The van der Waals surface area contributed by atoms with Crippen molar-refractivity contribution in [2.24, 2.45) is 0 Å². The number of para-hydroxylation sites is 1. The number of aryl methyl sites for hydroxylation is 2. The number of hydrogen-bond donors (Lipinski definition) is 0. The lowest BCUT2D eigenvalue weighted by Crippen LogP contribution is -2.31. The first-order valence-corrected chi connectivity index (χ1v) is 7.37. The standard InChI is InChI=1S/C18H16FNO2/c1-3-11-6-5-7-12(4-2)16(11)20-17(21)14-9-8-13(19)10-15(14)18(20)22/h5-10H,3-4H2,1-2H3. The van der Waals surface area contributed by atoms with Crippen LogP contribution >= 0.6 is 0 Å². The van der Waals surface area contributed by atoms with Gasteiger partial charge in [0.2, 0.25) is 0 Å². The van der Waals surface area contributed by atoms with Gasteiger partial charge < -0.3 is 0 Å². The Morgan fingerprint density at radius 2 is 1.50 bits per heavy atom. The summed E-state index contributed by atoms with van der Waals surface area (Å²) in [5.74, 6) is -1.34. The van der Waals surface area contributed by atoms with Crippen molar-refractivity contribution < 1.29 is 14.0 Å². The zero-order chi connectivity index (χ0) is 15.9. The van der Waals surface area contributed by atoms with E-state index in [2.05, 4.69) is 0 Å². The maximum Gasteiger partial charge on any atom is 0.266 e. The smallest absolute Gasteiger partial charge is 0.266 e. The van der Waals surface area contributed by atoms with E-state index in [4.69, 9.17) is 0 Å². The van der Waals surface area contributed by atoms with Gasteiger partial charge in [0.15, 0.2) is 0 Å². The number of benzene rings is 2. The average molecular weight is 297 g/mol. The lowest BCUT2D eigenvalue weighted by Gasteiger charge is -2.21. The van der Waals surface area contributed by atoms with E-state index in [9.17, 15) is 14.0 Å². The number of amides is 2. The number of fused-ring (bicyclic) bond motifs is 1. The summed E-state index contributed by atoms with van der Waals surface area (Å²) in [6, 6.07) is 9.48. The molecule has 3 rings (SSSR count). The van der Waals surface area contributed by atoms with Crippen LogP contribution in [0.15, 0.2) is 36.4 Å². The molecule has 4 heteroatoms. The van der Waals surface area contributed by atoms with Crippen molar-refractivity contribution in [3.05, 3.63) is 64.5 Å². The Morgan fingerprint density at radius 1 is 0.909 bits per heavy atom. The van der Waals surface area contributed by atoms with Crippen molar-refractivity contribution in [2.75, 3.05) is 4.90 Å². The van der Waals surface area contributed by atoms with Gasteiger partial charge in [-0.15, -0.1) is 0 Å². The lowest BCUT2D eigenvalue weighted by molar-refractivity contribution is 0.0925. The molecule has 0 saturated heterocycles. The van der Waals surface area contributed by atoms with Gasteiger partial charge in [-0.25, -0.2) is 9.29 Å². The predicted octanol–water partition coefficient (Wildman–Crippen LogP) is 3.75. The number of imide groups is 1. The fourth-order valence-corrected chi connectivity index (χ4v) is 2.92. The van der Waals surface area contributed by atoms with Crippen LogP contribution in [-0.2, 0) is 12.8 Å². The van der Waals surface area contributed by atoms with Crippen molar-refractivity contribution in [3.8, 4) is 0 Å². The third-order valence-corrected chi connectivity index (χ3v) is 4.04. The average Bonchev–Trinajstić information content (AvgIpc) is 2.77. The van der Waals surface area contributed by atoms with Gasteiger partial charge in [0.25, 0.3) is 11.8 Å². The minimum atomic E-state index is -0.513. The summed E-state index contributed by atoms with van der Waals surface area (Å²) in [6.07, 6.45) is 1.43. The van der Waals surface area contributed by atoms with Gasteiger partial charge in [-0.05, 0) is 42.2 Å². The molecule has 1 heterocycles. The number of hydrogen-bond acceptors (Lipinski definition) is 2. The number of carbonyl (C=O) groups is 2. The van der Waals surface area contributed by atoms with Gasteiger partial charge >= 0.3 is 0 Å². The molecule has 2 amide bonds. The van der Waals surface area contributed by atoms with E-state index < -0.39 is 11.7 Å². The van der Waals surface area contributed by atoms with Gasteiger partial charge in [0.1, 0.15) is 5.82 Å². The highest BCUT2D eigenvalue weighted by atomic mass is 19.1. The Labute approximate surface area is 128 Å². The summed E-state index contributed by atoms with van der Waals surface area (Å²) in [5, 5.41) is 0. The highest BCUT2D eigenvalue weighted by Gasteiger charge is 2.38. The van der Waals surface area contributed by atoms with E-state index in [1.807, 2.05) is 32.0 Å². The summed E-state index contributed by atoms with van der Waals surface area (Å²) >= 11 is 0. The third kappa shape index (κ3) is 2.03. The summed E-state index contributed by atoms with van der Waals surface area (Å²) in [5.41, 5.74) is 2.93. The van der Waals surface area contributed by atoms with Crippen molar-refractivity contribution in [2.45, 2.75) is 26.7 Å². The van der Waals surface area contributed by atoms with E-state index in [0.29, 0.717) is 18.5 Å². The van der Waals surface area contributed by atoms with Crippen molar-refractivity contribution in [3.63, 3.8) is 0 Å². The van der Waals surface area contributed by atoms with Crippen molar-refractivity contribution >= 4 is 17.5 Å². The molecule has 0 radical (unpaired) electrons. The number of halogens is 1. The molecule has 0 aromatic heterocycles. The predicted molar refractivity (Wildman–Crippen MR) is 82.7 cm³/mol.